The second-order valence-corrected chi connectivity index (χ2v) is 10.6. The van der Waals surface area contributed by atoms with Gasteiger partial charge in [-0.3, -0.25) is 19.3 Å². The molecule has 4 aliphatic rings. The van der Waals surface area contributed by atoms with Gasteiger partial charge in [-0.05, 0) is 32.6 Å². The van der Waals surface area contributed by atoms with Crippen LogP contribution >= 0.6 is 0 Å². The molecule has 2 unspecified atom stereocenters. The number of aliphatic hydroxyl groups excluding tert-OH is 1. The van der Waals surface area contributed by atoms with Crippen LogP contribution in [0.25, 0.3) is 0 Å². The van der Waals surface area contributed by atoms with Gasteiger partial charge in [0.05, 0.1) is 37.9 Å². The van der Waals surface area contributed by atoms with Gasteiger partial charge in [0.25, 0.3) is 0 Å². The van der Waals surface area contributed by atoms with E-state index in [1.54, 1.807) is 17.1 Å². The van der Waals surface area contributed by atoms with Crippen molar-refractivity contribution in [2.45, 2.75) is 49.9 Å². The zero-order valence-electron chi connectivity index (χ0n) is 21.9. The molecule has 0 saturated carbocycles. The summed E-state index contributed by atoms with van der Waals surface area (Å²) in [7, 11) is 0. The van der Waals surface area contributed by atoms with Gasteiger partial charge in [0.15, 0.2) is 0 Å². The lowest BCUT2D eigenvalue weighted by molar-refractivity contribution is -0.160. The summed E-state index contributed by atoms with van der Waals surface area (Å²) in [6.07, 6.45) is 5.86. The average Bonchev–Trinajstić information content (AvgIpc) is 3.46. The van der Waals surface area contributed by atoms with Crippen LogP contribution in [0.5, 0.6) is 0 Å². The third-order valence-electron chi connectivity index (χ3n) is 8.35. The van der Waals surface area contributed by atoms with Crippen molar-refractivity contribution in [3.05, 3.63) is 25.3 Å². The van der Waals surface area contributed by atoms with Crippen LogP contribution in [0.1, 0.15) is 32.6 Å². The summed E-state index contributed by atoms with van der Waals surface area (Å²) >= 11 is 0. The fraction of sp³-hybridized carbons (Fsp3) is 0.741. The molecule has 4 rings (SSSR count). The van der Waals surface area contributed by atoms with E-state index >= 15 is 0 Å². The number of nitrogens with zero attached hydrogens (tertiary/aromatic N) is 3. The number of rotatable bonds is 13. The molecule has 0 aromatic heterocycles. The number of carbonyl (C=O) groups is 3. The highest BCUT2D eigenvalue weighted by Crippen LogP contribution is 2.63. The molecule has 0 radical (unpaired) electrons. The van der Waals surface area contributed by atoms with Crippen LogP contribution in [0, 0.1) is 11.8 Å². The molecule has 2 bridgehead atoms. The number of likely N-dealkylation sites (tertiary alicyclic amines) is 1. The minimum Gasteiger partial charge on any atom is -0.465 e. The van der Waals surface area contributed by atoms with E-state index in [2.05, 4.69) is 18.1 Å². The summed E-state index contributed by atoms with van der Waals surface area (Å²) in [5.41, 5.74) is -2.00. The summed E-state index contributed by atoms with van der Waals surface area (Å²) in [6.45, 7) is 13.7. The number of amides is 2. The fourth-order valence-corrected chi connectivity index (χ4v) is 6.61. The zero-order chi connectivity index (χ0) is 26.6. The molecule has 10 nitrogen and oxygen atoms in total. The molecule has 1 N–H and O–H groups in total. The standard InChI is InChI=1S/C27H41N3O7/c1-4-6-7-17-36-25(34)21-20-23(32)30(13-16-31)22(27(20)9-8-26(21,3)37-27)24(33)29(10-5-2)12-11-28-14-18-35-19-15-28/h4-5,20-22,31H,1-2,6-19H2,3H3/t20-,21+,22?,26-,27?/m0/s1. The van der Waals surface area contributed by atoms with Gasteiger partial charge in [-0.25, -0.2) is 0 Å². The van der Waals surface area contributed by atoms with Gasteiger partial charge in [-0.2, -0.15) is 0 Å². The summed E-state index contributed by atoms with van der Waals surface area (Å²) < 4.78 is 17.6. The quantitative estimate of drug-likeness (QED) is 0.214. The number of β-amino-alcohol motifs (C(OH)–C–C–N with tert-alkyl or cyclic N) is 1. The number of carbonyl (C=O) groups excluding carboxylic acids is 3. The Morgan fingerprint density at radius 2 is 1.97 bits per heavy atom. The molecule has 206 valence electrons. The van der Waals surface area contributed by atoms with Gasteiger partial charge in [-0.15, -0.1) is 13.2 Å². The number of fused-ring (bicyclic) bond motifs is 1. The van der Waals surface area contributed by atoms with Crippen LogP contribution in [0.2, 0.25) is 0 Å². The van der Waals surface area contributed by atoms with Gasteiger partial charge in [0.2, 0.25) is 11.8 Å². The molecule has 37 heavy (non-hydrogen) atoms. The Hall–Kier alpha value is -2.27. The van der Waals surface area contributed by atoms with Crippen molar-refractivity contribution in [3.8, 4) is 0 Å². The molecular weight excluding hydrogens is 478 g/mol. The Kier molecular flexibility index (Phi) is 8.73. The Morgan fingerprint density at radius 1 is 1.22 bits per heavy atom. The van der Waals surface area contributed by atoms with Crippen molar-refractivity contribution in [2.75, 3.05) is 65.7 Å². The van der Waals surface area contributed by atoms with Crippen LogP contribution in [-0.4, -0.2) is 121 Å². The first kappa shape index (κ1) is 27.8. The average molecular weight is 520 g/mol. The van der Waals surface area contributed by atoms with Crippen LogP contribution in [0.15, 0.2) is 25.3 Å². The molecule has 4 aliphatic heterocycles. The number of allylic oxidation sites excluding steroid dienone is 1. The van der Waals surface area contributed by atoms with Crippen LogP contribution < -0.4 is 0 Å². The Morgan fingerprint density at radius 3 is 2.65 bits per heavy atom. The fourth-order valence-electron chi connectivity index (χ4n) is 6.61. The summed E-state index contributed by atoms with van der Waals surface area (Å²) in [5, 5.41) is 9.79. The normalized spacial score (nSPS) is 32.9. The number of ether oxygens (including phenoxy) is 3. The Labute approximate surface area is 219 Å². The van der Waals surface area contributed by atoms with Gasteiger partial charge < -0.3 is 29.1 Å². The number of morpholine rings is 1. The van der Waals surface area contributed by atoms with Crippen molar-refractivity contribution < 1.29 is 33.7 Å². The topological polar surface area (TPSA) is 109 Å². The third kappa shape index (κ3) is 5.08. The van der Waals surface area contributed by atoms with Gasteiger partial charge >= 0.3 is 5.97 Å². The molecule has 0 aromatic rings. The number of hydrogen-bond donors (Lipinski definition) is 1. The van der Waals surface area contributed by atoms with E-state index in [0.717, 1.165) is 19.5 Å². The summed E-state index contributed by atoms with van der Waals surface area (Å²) in [4.78, 5) is 46.6. The maximum absolute atomic E-state index is 14.1. The van der Waals surface area contributed by atoms with E-state index in [1.807, 2.05) is 6.92 Å². The first-order valence-corrected chi connectivity index (χ1v) is 13.4. The molecular formula is C27H41N3O7. The largest absolute Gasteiger partial charge is 0.465 e. The molecule has 4 fully saturated rings. The van der Waals surface area contributed by atoms with Crippen LogP contribution in [0.3, 0.4) is 0 Å². The molecule has 5 atom stereocenters. The molecule has 0 aliphatic carbocycles. The van der Waals surface area contributed by atoms with Crippen LogP contribution in [-0.2, 0) is 28.6 Å². The SMILES string of the molecule is C=CCCCOC(=O)[C@H]1[C@H]2C(=O)N(CCO)C(C(=O)N(CC=C)CCN3CCOCC3)C23CC[C@]1(C)O3. The highest BCUT2D eigenvalue weighted by atomic mass is 16.6. The Balaban J connectivity index is 1.58. The van der Waals surface area contributed by atoms with Crippen LogP contribution in [0.4, 0.5) is 0 Å². The number of unbranched alkanes of at least 4 members (excludes halogenated alkanes) is 1. The minimum absolute atomic E-state index is 0.0000593. The van der Waals surface area contributed by atoms with Crippen molar-refractivity contribution in [1.82, 2.24) is 14.7 Å². The van der Waals surface area contributed by atoms with E-state index in [1.165, 1.54) is 4.90 Å². The second kappa shape index (κ2) is 11.6. The molecule has 0 aromatic carbocycles. The lowest BCUT2D eigenvalue weighted by Gasteiger charge is -2.37. The van der Waals surface area contributed by atoms with E-state index in [9.17, 15) is 19.5 Å². The molecule has 4 saturated heterocycles. The number of esters is 1. The monoisotopic (exact) mass is 519 g/mol. The van der Waals surface area contributed by atoms with E-state index < -0.39 is 35.0 Å². The first-order chi connectivity index (χ1) is 17.8. The predicted molar refractivity (Wildman–Crippen MR) is 135 cm³/mol. The van der Waals surface area contributed by atoms with Gasteiger partial charge in [-0.1, -0.05) is 12.2 Å². The van der Waals surface area contributed by atoms with Crippen molar-refractivity contribution >= 4 is 17.8 Å². The molecule has 10 heteroatoms. The smallest absolute Gasteiger partial charge is 0.312 e. The highest BCUT2D eigenvalue weighted by molar-refractivity contribution is 5.98. The molecule has 1 spiro atoms. The van der Waals surface area contributed by atoms with E-state index in [-0.39, 0.29) is 31.6 Å². The molecule has 2 amide bonds. The lowest BCUT2D eigenvalue weighted by atomic mass is 9.66. The van der Waals surface area contributed by atoms with E-state index in [0.29, 0.717) is 52.1 Å². The Bertz CT molecular complexity index is 891. The van der Waals surface area contributed by atoms with Crippen molar-refractivity contribution in [1.29, 1.82) is 0 Å². The summed E-state index contributed by atoms with van der Waals surface area (Å²) in [6, 6.07) is -0.915. The first-order valence-electron chi connectivity index (χ1n) is 13.4. The zero-order valence-corrected chi connectivity index (χ0v) is 21.9. The minimum atomic E-state index is -1.12. The molecule has 4 heterocycles. The van der Waals surface area contributed by atoms with Gasteiger partial charge in [0.1, 0.15) is 17.6 Å². The van der Waals surface area contributed by atoms with Crippen molar-refractivity contribution in [2.24, 2.45) is 11.8 Å². The van der Waals surface area contributed by atoms with E-state index in [4.69, 9.17) is 14.2 Å². The summed E-state index contributed by atoms with van der Waals surface area (Å²) in [5.74, 6) is -2.63. The maximum atomic E-state index is 14.1. The third-order valence-corrected chi connectivity index (χ3v) is 8.35. The lowest BCUT2D eigenvalue weighted by Crippen LogP contribution is -2.57. The van der Waals surface area contributed by atoms with Gasteiger partial charge in [0, 0.05) is 39.3 Å². The number of hydrogen-bond acceptors (Lipinski definition) is 8. The van der Waals surface area contributed by atoms with Crippen molar-refractivity contribution in [3.63, 3.8) is 0 Å². The maximum Gasteiger partial charge on any atom is 0.312 e. The highest BCUT2D eigenvalue weighted by Gasteiger charge is 2.78. The second-order valence-electron chi connectivity index (χ2n) is 10.6. The predicted octanol–water partition coefficient (Wildman–Crippen LogP) is 0.600. The number of aliphatic hydroxyl groups is 1.